The van der Waals surface area contributed by atoms with Gasteiger partial charge in [-0.3, -0.25) is 4.79 Å². The molecule has 154 valence electrons. The lowest BCUT2D eigenvalue weighted by Crippen LogP contribution is -2.45. The van der Waals surface area contributed by atoms with E-state index in [0.29, 0.717) is 30.0 Å². The van der Waals surface area contributed by atoms with Crippen LogP contribution in [0, 0.1) is 5.82 Å². The van der Waals surface area contributed by atoms with Gasteiger partial charge >= 0.3 is 5.97 Å². The molecular weight excluding hydrogens is 393 g/mol. The number of anilines is 1. The molecule has 1 aromatic carbocycles. The molecule has 1 aromatic heterocycles. The summed E-state index contributed by atoms with van der Waals surface area (Å²) in [7, 11) is 2.02. The van der Waals surface area contributed by atoms with E-state index in [-0.39, 0.29) is 41.5 Å². The van der Waals surface area contributed by atoms with Crippen molar-refractivity contribution in [2.75, 3.05) is 44.7 Å². The average Bonchev–Trinajstić information content (AvgIpc) is 2.60. The lowest BCUT2D eigenvalue weighted by Gasteiger charge is -2.37. The molecule has 0 radical (unpaired) electrons. The van der Waals surface area contributed by atoms with Gasteiger partial charge in [0.1, 0.15) is 17.9 Å². The third kappa shape index (κ3) is 3.30. The molecule has 0 amide bonds. The Labute approximate surface area is 166 Å². The predicted octanol–water partition coefficient (Wildman–Crippen LogP) is 1.14. The molecule has 1 saturated heterocycles. The van der Waals surface area contributed by atoms with Crippen LogP contribution in [0.15, 0.2) is 17.1 Å². The number of nitrogens with zero attached hydrogens (tertiary/aromatic N) is 3. The molecule has 8 nitrogen and oxygen atoms in total. The molecule has 2 aromatic rings. The number of aromatic nitrogens is 1. The van der Waals surface area contributed by atoms with Gasteiger partial charge in [0, 0.05) is 32.4 Å². The minimum Gasteiger partial charge on any atom is -0.487 e. The number of hydrogen-bond donors (Lipinski definition) is 1. The highest BCUT2D eigenvalue weighted by Crippen LogP contribution is 2.42. The van der Waals surface area contributed by atoms with Crippen LogP contribution in [0.2, 0.25) is 0 Å². The lowest BCUT2D eigenvalue weighted by atomic mass is 10.1. The van der Waals surface area contributed by atoms with Gasteiger partial charge in [-0.1, -0.05) is 0 Å². The molecule has 1 fully saturated rings. The fraction of sp³-hybridized carbons (Fsp3) is 0.444. The minimum absolute atomic E-state index is 0. The summed E-state index contributed by atoms with van der Waals surface area (Å²) in [5.41, 5.74) is -0.224. The molecule has 0 aliphatic carbocycles. The Balaban J connectivity index is 0.00000140. The van der Waals surface area contributed by atoms with Crippen molar-refractivity contribution in [1.29, 1.82) is 0 Å². The Morgan fingerprint density at radius 2 is 1.93 bits per heavy atom. The number of ether oxygens (including phenoxy) is 1. The van der Waals surface area contributed by atoms with E-state index in [0.717, 1.165) is 19.2 Å². The Bertz CT molecular complexity index is 972. The molecule has 1 atom stereocenters. The third-order valence-corrected chi connectivity index (χ3v) is 5.19. The molecular formula is C18H23ClFN3O5. The smallest absolute Gasteiger partial charge is 0.341 e. The van der Waals surface area contributed by atoms with E-state index in [9.17, 15) is 19.1 Å². The zero-order chi connectivity index (χ0) is 18.6. The number of carboxylic acid groups (broad SMARTS) is 1. The topological polar surface area (TPSA) is 107 Å². The number of likely N-dealkylation sites (N-methyl/N-ethyl adjacent to an activating group) is 1. The van der Waals surface area contributed by atoms with Crippen molar-refractivity contribution in [2.24, 2.45) is 0 Å². The van der Waals surface area contributed by atoms with Crippen molar-refractivity contribution in [3.8, 4) is 5.75 Å². The monoisotopic (exact) mass is 415 g/mol. The molecule has 4 rings (SSSR count). The maximum absolute atomic E-state index is 15.0. The molecule has 3 N–H and O–H groups in total. The first-order valence-electron chi connectivity index (χ1n) is 8.59. The molecule has 0 unspecified atom stereocenters. The maximum Gasteiger partial charge on any atom is 0.341 e. The van der Waals surface area contributed by atoms with Gasteiger partial charge in [0.2, 0.25) is 5.43 Å². The lowest BCUT2D eigenvalue weighted by molar-refractivity contribution is 0.0694. The number of hydrogen-bond acceptors (Lipinski definition) is 5. The number of carbonyl (C=O) groups is 1. The van der Waals surface area contributed by atoms with Gasteiger partial charge in [-0.25, -0.2) is 9.18 Å². The Hall–Kier alpha value is -2.36. The van der Waals surface area contributed by atoms with Crippen LogP contribution in [0.25, 0.3) is 10.9 Å². The highest BCUT2D eigenvalue weighted by molar-refractivity contribution is 5.97. The average molecular weight is 416 g/mol. The summed E-state index contributed by atoms with van der Waals surface area (Å²) < 4.78 is 22.6. The molecule has 0 spiro atoms. The second kappa shape index (κ2) is 7.94. The number of pyridine rings is 1. The van der Waals surface area contributed by atoms with E-state index in [2.05, 4.69) is 4.90 Å². The summed E-state index contributed by atoms with van der Waals surface area (Å²) in [6, 6.07) is 0.994. The molecule has 0 bridgehead atoms. The molecule has 28 heavy (non-hydrogen) atoms. The van der Waals surface area contributed by atoms with E-state index >= 15 is 0 Å². The van der Waals surface area contributed by atoms with E-state index in [4.69, 9.17) is 4.74 Å². The number of benzene rings is 1. The van der Waals surface area contributed by atoms with Gasteiger partial charge < -0.3 is 29.7 Å². The number of halogens is 2. The normalized spacial score (nSPS) is 18.8. The predicted molar refractivity (Wildman–Crippen MR) is 106 cm³/mol. The van der Waals surface area contributed by atoms with Crippen LogP contribution in [-0.4, -0.2) is 65.9 Å². The molecule has 10 heteroatoms. The number of carboxylic acids is 1. The van der Waals surface area contributed by atoms with Crippen LogP contribution in [0.4, 0.5) is 10.1 Å². The Morgan fingerprint density at radius 3 is 2.54 bits per heavy atom. The third-order valence-electron chi connectivity index (χ3n) is 5.19. The summed E-state index contributed by atoms with van der Waals surface area (Å²) in [5.74, 6) is -1.54. The summed E-state index contributed by atoms with van der Waals surface area (Å²) in [4.78, 5) is 28.1. The van der Waals surface area contributed by atoms with Crippen molar-refractivity contribution in [2.45, 2.75) is 13.0 Å². The van der Waals surface area contributed by atoms with Gasteiger partial charge in [0.05, 0.1) is 16.9 Å². The van der Waals surface area contributed by atoms with Gasteiger partial charge in [-0.15, -0.1) is 12.4 Å². The van der Waals surface area contributed by atoms with Crippen LogP contribution in [0.3, 0.4) is 0 Å². The maximum atomic E-state index is 15.0. The van der Waals surface area contributed by atoms with Gasteiger partial charge in [-0.05, 0) is 20.0 Å². The van der Waals surface area contributed by atoms with E-state index in [1.807, 2.05) is 18.9 Å². The quantitative estimate of drug-likeness (QED) is 0.788. The number of aromatic carboxylic acids is 1. The van der Waals surface area contributed by atoms with Gasteiger partial charge in [0.25, 0.3) is 0 Å². The molecule has 3 heterocycles. The standard InChI is InChI=1S/C18H20FN3O4.ClH.H2O/c1-10-9-26-17-14-11(16(23)12(18(24)25)8-22(10)14)7-13(19)15(17)21-5-3-20(2)4-6-21;;/h7-8,10H,3-6,9H2,1-2H3,(H,24,25);1H;1H2/t10-;;/m0../s1. The first kappa shape index (κ1) is 21.9. The largest absolute Gasteiger partial charge is 0.487 e. The highest BCUT2D eigenvalue weighted by atomic mass is 35.5. The molecule has 0 saturated carbocycles. The summed E-state index contributed by atoms with van der Waals surface area (Å²) in [5, 5.41) is 9.36. The van der Waals surface area contributed by atoms with Crippen LogP contribution in [-0.2, 0) is 0 Å². The van der Waals surface area contributed by atoms with E-state index in [1.54, 1.807) is 4.57 Å². The first-order valence-corrected chi connectivity index (χ1v) is 8.59. The van der Waals surface area contributed by atoms with Crippen LogP contribution < -0.4 is 15.1 Å². The highest BCUT2D eigenvalue weighted by Gasteiger charge is 2.30. The fourth-order valence-electron chi connectivity index (χ4n) is 3.69. The fourth-order valence-corrected chi connectivity index (χ4v) is 3.69. The Morgan fingerprint density at radius 1 is 1.29 bits per heavy atom. The SMILES string of the molecule is C[C@H]1COc2c(N3CCN(C)CC3)c(F)cc3c(=O)c(C(=O)O)cn1c23.Cl.O. The van der Waals surface area contributed by atoms with Crippen molar-refractivity contribution >= 4 is 35.0 Å². The number of rotatable bonds is 2. The first-order chi connectivity index (χ1) is 12.4. The molecule has 2 aliphatic heterocycles. The van der Waals surface area contributed by atoms with Crippen molar-refractivity contribution in [3.05, 3.63) is 33.9 Å². The van der Waals surface area contributed by atoms with Gasteiger partial charge in [0.15, 0.2) is 11.6 Å². The Kier molecular flexibility index (Phi) is 6.22. The van der Waals surface area contributed by atoms with Crippen LogP contribution >= 0.6 is 12.4 Å². The second-order valence-electron chi connectivity index (χ2n) is 6.97. The van der Waals surface area contributed by atoms with Gasteiger partial charge in [-0.2, -0.15) is 0 Å². The van der Waals surface area contributed by atoms with Crippen molar-refractivity contribution in [1.82, 2.24) is 9.47 Å². The molecule has 2 aliphatic rings. The van der Waals surface area contributed by atoms with Crippen molar-refractivity contribution < 1.29 is 24.5 Å². The minimum atomic E-state index is -1.32. The zero-order valence-electron chi connectivity index (χ0n) is 15.6. The second-order valence-corrected chi connectivity index (χ2v) is 6.97. The van der Waals surface area contributed by atoms with Crippen LogP contribution in [0.5, 0.6) is 5.75 Å². The summed E-state index contributed by atoms with van der Waals surface area (Å²) in [6.07, 6.45) is 1.34. The van der Waals surface area contributed by atoms with E-state index < -0.39 is 17.2 Å². The summed E-state index contributed by atoms with van der Waals surface area (Å²) in [6.45, 7) is 5.08. The van der Waals surface area contributed by atoms with Crippen LogP contribution in [0.1, 0.15) is 23.3 Å². The number of piperazine rings is 1. The summed E-state index contributed by atoms with van der Waals surface area (Å²) >= 11 is 0. The van der Waals surface area contributed by atoms with Crippen molar-refractivity contribution in [3.63, 3.8) is 0 Å². The zero-order valence-corrected chi connectivity index (χ0v) is 16.4. The van der Waals surface area contributed by atoms with E-state index in [1.165, 1.54) is 6.20 Å².